The predicted octanol–water partition coefficient (Wildman–Crippen LogP) is 2.39. The first-order valence-electron chi connectivity index (χ1n) is 6.47. The number of halogens is 1. The van der Waals surface area contributed by atoms with Crippen molar-refractivity contribution in [3.05, 3.63) is 29.3 Å². The molecular weight excluding hydrogens is 248 g/mol. The van der Waals surface area contributed by atoms with Crippen molar-refractivity contribution in [2.75, 3.05) is 26.7 Å². The topological polar surface area (TPSA) is 38.5 Å². The summed E-state index contributed by atoms with van der Waals surface area (Å²) in [6.07, 6.45) is 2.34. The smallest absolute Gasteiger partial charge is 0.119 e. The molecule has 0 amide bonds. The van der Waals surface area contributed by atoms with Gasteiger partial charge in [-0.15, -0.1) is 0 Å². The standard InChI is InChI=1S/C14H21ClN2O/c1-17-8-6-11(7-9-17)14(16)10-18-13-4-2-12(15)3-5-13/h2-5,11,14H,6-10,16H2,1H3. The molecule has 1 saturated heterocycles. The maximum Gasteiger partial charge on any atom is 0.119 e. The van der Waals surface area contributed by atoms with Crippen LogP contribution in [0.5, 0.6) is 5.75 Å². The second-order valence-corrected chi connectivity index (χ2v) is 5.51. The fourth-order valence-corrected chi connectivity index (χ4v) is 2.44. The van der Waals surface area contributed by atoms with E-state index in [9.17, 15) is 0 Å². The maximum absolute atomic E-state index is 6.20. The van der Waals surface area contributed by atoms with Crippen LogP contribution in [0.25, 0.3) is 0 Å². The van der Waals surface area contributed by atoms with E-state index in [-0.39, 0.29) is 6.04 Å². The Labute approximate surface area is 114 Å². The summed E-state index contributed by atoms with van der Waals surface area (Å²) in [6.45, 7) is 2.86. The Bertz CT molecular complexity index is 361. The quantitative estimate of drug-likeness (QED) is 0.911. The number of hydrogen-bond acceptors (Lipinski definition) is 3. The average molecular weight is 269 g/mol. The van der Waals surface area contributed by atoms with Crippen molar-refractivity contribution in [1.29, 1.82) is 0 Å². The molecular formula is C14H21ClN2O. The Morgan fingerprint density at radius 3 is 2.56 bits per heavy atom. The number of rotatable bonds is 4. The van der Waals surface area contributed by atoms with Gasteiger partial charge in [-0.05, 0) is 63.2 Å². The summed E-state index contributed by atoms with van der Waals surface area (Å²) >= 11 is 5.82. The molecule has 2 N–H and O–H groups in total. The van der Waals surface area contributed by atoms with Gasteiger partial charge in [-0.25, -0.2) is 0 Å². The van der Waals surface area contributed by atoms with Gasteiger partial charge in [-0.3, -0.25) is 0 Å². The second-order valence-electron chi connectivity index (χ2n) is 5.07. The number of hydrogen-bond donors (Lipinski definition) is 1. The van der Waals surface area contributed by atoms with Crippen molar-refractivity contribution >= 4 is 11.6 Å². The Hall–Kier alpha value is -0.770. The van der Waals surface area contributed by atoms with Crippen molar-refractivity contribution in [3.8, 4) is 5.75 Å². The summed E-state index contributed by atoms with van der Waals surface area (Å²) in [6, 6.07) is 7.54. The first-order chi connectivity index (χ1) is 8.65. The van der Waals surface area contributed by atoms with E-state index in [4.69, 9.17) is 22.1 Å². The van der Waals surface area contributed by atoms with E-state index >= 15 is 0 Å². The van der Waals surface area contributed by atoms with Crippen LogP contribution in [0.1, 0.15) is 12.8 Å². The largest absolute Gasteiger partial charge is 0.492 e. The number of likely N-dealkylation sites (tertiary alicyclic amines) is 1. The summed E-state index contributed by atoms with van der Waals surface area (Å²) in [5.74, 6) is 1.41. The van der Waals surface area contributed by atoms with E-state index in [2.05, 4.69) is 11.9 Å². The highest BCUT2D eigenvalue weighted by Gasteiger charge is 2.22. The van der Waals surface area contributed by atoms with Crippen LogP contribution in [0.2, 0.25) is 5.02 Å². The van der Waals surface area contributed by atoms with E-state index in [1.54, 1.807) is 0 Å². The molecule has 4 heteroatoms. The van der Waals surface area contributed by atoms with Crippen LogP contribution in [0.15, 0.2) is 24.3 Å². The van der Waals surface area contributed by atoms with Crippen LogP contribution in [-0.4, -0.2) is 37.7 Å². The zero-order valence-corrected chi connectivity index (χ0v) is 11.6. The molecule has 1 fully saturated rings. The van der Waals surface area contributed by atoms with Crippen LogP contribution in [0.4, 0.5) is 0 Å². The van der Waals surface area contributed by atoms with Gasteiger partial charge >= 0.3 is 0 Å². The molecule has 2 rings (SSSR count). The molecule has 0 bridgehead atoms. The molecule has 1 heterocycles. The first kappa shape index (κ1) is 13.7. The molecule has 1 aromatic rings. The molecule has 0 spiro atoms. The van der Waals surface area contributed by atoms with E-state index in [0.29, 0.717) is 12.5 Å². The predicted molar refractivity (Wildman–Crippen MR) is 75.1 cm³/mol. The van der Waals surface area contributed by atoms with Gasteiger partial charge in [0.25, 0.3) is 0 Å². The highest BCUT2D eigenvalue weighted by molar-refractivity contribution is 6.30. The fraction of sp³-hybridized carbons (Fsp3) is 0.571. The Balaban J connectivity index is 1.77. The second kappa shape index (κ2) is 6.41. The number of piperidine rings is 1. The summed E-state index contributed by atoms with van der Waals surface area (Å²) in [4.78, 5) is 2.35. The lowest BCUT2D eigenvalue weighted by Gasteiger charge is -2.32. The fourth-order valence-electron chi connectivity index (χ4n) is 2.32. The van der Waals surface area contributed by atoms with Crippen molar-refractivity contribution in [2.24, 2.45) is 11.7 Å². The minimum Gasteiger partial charge on any atom is -0.492 e. The molecule has 18 heavy (non-hydrogen) atoms. The van der Waals surface area contributed by atoms with Gasteiger partial charge in [0.15, 0.2) is 0 Å². The lowest BCUT2D eigenvalue weighted by Crippen LogP contribution is -2.42. The highest BCUT2D eigenvalue weighted by atomic mass is 35.5. The zero-order chi connectivity index (χ0) is 13.0. The number of ether oxygens (including phenoxy) is 1. The minimum atomic E-state index is 0.120. The third kappa shape index (κ3) is 3.87. The van der Waals surface area contributed by atoms with E-state index in [0.717, 1.165) is 23.9 Å². The summed E-state index contributed by atoms with van der Waals surface area (Å²) in [5, 5.41) is 0.724. The van der Waals surface area contributed by atoms with Gasteiger partial charge in [-0.1, -0.05) is 11.6 Å². The maximum atomic E-state index is 6.20. The SMILES string of the molecule is CN1CCC(C(N)COc2ccc(Cl)cc2)CC1. The Morgan fingerprint density at radius 1 is 1.33 bits per heavy atom. The molecule has 1 aliphatic heterocycles. The summed E-state index contributed by atoms with van der Waals surface area (Å²) in [7, 11) is 2.16. The Kier molecular flexibility index (Phi) is 4.87. The van der Waals surface area contributed by atoms with Crippen LogP contribution >= 0.6 is 11.6 Å². The molecule has 1 unspecified atom stereocenters. The third-order valence-corrected chi connectivity index (χ3v) is 3.88. The highest BCUT2D eigenvalue weighted by Crippen LogP contribution is 2.20. The van der Waals surface area contributed by atoms with Gasteiger partial charge in [0.2, 0.25) is 0 Å². The minimum absolute atomic E-state index is 0.120. The number of benzene rings is 1. The lowest BCUT2D eigenvalue weighted by atomic mass is 9.90. The molecule has 100 valence electrons. The number of nitrogens with two attached hydrogens (primary N) is 1. The van der Waals surface area contributed by atoms with Crippen molar-refractivity contribution in [1.82, 2.24) is 4.90 Å². The monoisotopic (exact) mass is 268 g/mol. The molecule has 1 aliphatic rings. The molecule has 0 saturated carbocycles. The Morgan fingerprint density at radius 2 is 1.94 bits per heavy atom. The van der Waals surface area contributed by atoms with Gasteiger partial charge in [-0.2, -0.15) is 0 Å². The summed E-state index contributed by atoms with van der Waals surface area (Å²) < 4.78 is 5.71. The first-order valence-corrected chi connectivity index (χ1v) is 6.85. The molecule has 0 radical (unpaired) electrons. The lowest BCUT2D eigenvalue weighted by molar-refractivity contribution is 0.166. The average Bonchev–Trinajstić information content (AvgIpc) is 2.38. The van der Waals surface area contributed by atoms with E-state index in [1.807, 2.05) is 24.3 Å². The normalized spacial score (nSPS) is 19.7. The third-order valence-electron chi connectivity index (χ3n) is 3.62. The number of nitrogens with zero attached hydrogens (tertiary/aromatic N) is 1. The van der Waals surface area contributed by atoms with Gasteiger partial charge < -0.3 is 15.4 Å². The van der Waals surface area contributed by atoms with Crippen molar-refractivity contribution < 1.29 is 4.74 Å². The van der Waals surface area contributed by atoms with E-state index < -0.39 is 0 Å². The van der Waals surface area contributed by atoms with Crippen molar-refractivity contribution in [3.63, 3.8) is 0 Å². The zero-order valence-electron chi connectivity index (χ0n) is 10.8. The van der Waals surface area contributed by atoms with Crippen LogP contribution in [-0.2, 0) is 0 Å². The molecule has 0 aliphatic carbocycles. The van der Waals surface area contributed by atoms with Crippen LogP contribution < -0.4 is 10.5 Å². The molecule has 0 aromatic heterocycles. The van der Waals surface area contributed by atoms with Crippen LogP contribution in [0.3, 0.4) is 0 Å². The summed E-state index contributed by atoms with van der Waals surface area (Å²) in [5.41, 5.74) is 6.20. The van der Waals surface area contributed by atoms with Gasteiger partial charge in [0.1, 0.15) is 12.4 Å². The molecule has 1 aromatic carbocycles. The van der Waals surface area contributed by atoms with Gasteiger partial charge in [0, 0.05) is 11.1 Å². The molecule has 1 atom stereocenters. The molecule has 3 nitrogen and oxygen atoms in total. The van der Waals surface area contributed by atoms with E-state index in [1.165, 1.54) is 12.8 Å². The van der Waals surface area contributed by atoms with Crippen LogP contribution in [0, 0.1) is 5.92 Å². The van der Waals surface area contributed by atoms with Gasteiger partial charge in [0.05, 0.1) is 0 Å². The van der Waals surface area contributed by atoms with Crippen molar-refractivity contribution in [2.45, 2.75) is 18.9 Å².